The third-order valence-corrected chi connectivity index (χ3v) is 4.34. The third kappa shape index (κ3) is 2.03. The van der Waals surface area contributed by atoms with Gasteiger partial charge in [0.25, 0.3) is 0 Å². The average Bonchev–Trinajstić information content (AvgIpc) is 2.60. The van der Waals surface area contributed by atoms with Gasteiger partial charge in [0, 0.05) is 0 Å². The molecule has 1 aliphatic carbocycles. The Hall–Kier alpha value is -0.443. The van der Waals surface area contributed by atoms with Crippen LogP contribution in [0.15, 0.2) is 5.57 Å². The second-order valence-corrected chi connectivity index (χ2v) is 5.06. The zero-order chi connectivity index (χ0) is 12.0. The first-order chi connectivity index (χ1) is 7.49. The summed E-state index contributed by atoms with van der Waals surface area (Å²) in [7, 11) is 0. The number of fused-ring (bicyclic) bond motifs is 1. The first kappa shape index (κ1) is 14.6. The first-order valence-electron chi connectivity index (χ1n) is 6.19. The van der Waals surface area contributed by atoms with E-state index in [0.717, 1.165) is 0 Å². The Bertz CT molecular complexity index is 481. The van der Waals surface area contributed by atoms with Crippen molar-refractivity contribution in [2.75, 3.05) is 0 Å². The van der Waals surface area contributed by atoms with Crippen LogP contribution in [-0.4, -0.2) is 0 Å². The fourth-order valence-corrected chi connectivity index (χ4v) is 2.95. The summed E-state index contributed by atoms with van der Waals surface area (Å²) in [5.41, 5.74) is 10.1. The molecule has 0 bridgehead atoms. The van der Waals surface area contributed by atoms with E-state index in [0.29, 0.717) is 5.92 Å². The predicted octanol–water partition coefficient (Wildman–Crippen LogP) is 1.53. The molecule has 0 N–H and O–H groups in total. The molecule has 1 unspecified atom stereocenters. The molecule has 0 aromatic heterocycles. The molecular weight excluding hydrogens is 199 g/mol. The maximum atomic E-state index is 3.59. The Morgan fingerprint density at radius 2 is 1.41 bits per heavy atom. The van der Waals surface area contributed by atoms with Crippen LogP contribution in [0.2, 0.25) is 0 Å². The molecule has 0 fully saturated rings. The van der Waals surface area contributed by atoms with Crippen LogP contribution in [0.25, 0.3) is 0 Å². The minimum absolute atomic E-state index is 0. The number of rotatable bonds is 1. The topological polar surface area (TPSA) is 0 Å². The van der Waals surface area contributed by atoms with Gasteiger partial charge in [0.05, 0.1) is 0 Å². The van der Waals surface area contributed by atoms with E-state index in [4.69, 9.17) is 0 Å². The van der Waals surface area contributed by atoms with E-state index in [-0.39, 0.29) is 18.9 Å². The molecule has 1 aromatic rings. The van der Waals surface area contributed by atoms with E-state index in [1.807, 2.05) is 0 Å². The Balaban J connectivity index is 0.00000144. The summed E-state index contributed by atoms with van der Waals surface area (Å²) in [4.78, 5) is 0. The van der Waals surface area contributed by atoms with Crippen LogP contribution in [-0.2, 0) is 0 Å². The van der Waals surface area contributed by atoms with Crippen molar-refractivity contribution in [1.82, 2.24) is 0 Å². The largest absolute Gasteiger partial charge is 1.00 e. The third-order valence-electron chi connectivity index (χ3n) is 4.34. The van der Waals surface area contributed by atoms with E-state index in [1.165, 1.54) is 39.8 Å². The van der Waals surface area contributed by atoms with E-state index in [9.17, 15) is 0 Å². The maximum Gasteiger partial charge on any atom is 1.00 e. The fourth-order valence-electron chi connectivity index (χ4n) is 2.95. The van der Waals surface area contributed by atoms with Crippen LogP contribution in [0, 0.1) is 33.8 Å². The molecule has 0 nitrogen and oxygen atoms in total. The van der Waals surface area contributed by atoms with Crippen LogP contribution in [0.5, 0.6) is 0 Å². The molecule has 0 heterocycles. The van der Waals surface area contributed by atoms with E-state index in [1.54, 1.807) is 5.56 Å². The van der Waals surface area contributed by atoms with Crippen molar-refractivity contribution in [3.05, 3.63) is 45.0 Å². The van der Waals surface area contributed by atoms with Crippen LogP contribution in [0.1, 0.15) is 59.6 Å². The van der Waals surface area contributed by atoms with Crippen molar-refractivity contribution in [3.63, 3.8) is 0 Å². The molecule has 0 radical (unpaired) electrons. The summed E-state index contributed by atoms with van der Waals surface area (Å²) in [6.07, 6.45) is 4.78. The normalized spacial score (nSPS) is 17.5. The van der Waals surface area contributed by atoms with Crippen LogP contribution in [0.4, 0.5) is 0 Å². The summed E-state index contributed by atoms with van der Waals surface area (Å²) in [5, 5.41) is 0. The Morgan fingerprint density at radius 1 is 0.882 bits per heavy atom. The Labute approximate surface area is 118 Å². The quantitative estimate of drug-likeness (QED) is 0.497. The van der Waals surface area contributed by atoms with Gasteiger partial charge >= 0.3 is 18.9 Å². The molecule has 1 atom stereocenters. The van der Waals surface area contributed by atoms with Crippen LogP contribution in [0.3, 0.4) is 0 Å². The molecule has 17 heavy (non-hydrogen) atoms. The molecule has 1 aliphatic rings. The monoisotopic (exact) mass is 220 g/mol. The number of hydrogen-bond acceptors (Lipinski definition) is 0. The van der Waals surface area contributed by atoms with Crippen molar-refractivity contribution in [1.29, 1.82) is 0 Å². The number of hydrogen-bond donors (Lipinski definition) is 0. The second-order valence-electron chi connectivity index (χ2n) is 5.06. The second kappa shape index (κ2) is 5.05. The zero-order valence-electron chi connectivity index (χ0n) is 12.3. The molecule has 1 aromatic carbocycles. The molecule has 2 rings (SSSR count). The SMILES string of the molecule is CCC1C(C)=[C-]c2c(C)c(C)c(C)c(C)c21.[Li+]. The number of allylic oxidation sites excluding steroid dienone is 1. The van der Waals surface area contributed by atoms with Crippen molar-refractivity contribution in [3.8, 4) is 0 Å². The van der Waals surface area contributed by atoms with Gasteiger partial charge < -0.3 is 0 Å². The molecule has 0 aliphatic heterocycles. The first-order valence-corrected chi connectivity index (χ1v) is 6.19. The molecular formula is C16H21Li. The van der Waals surface area contributed by atoms with Gasteiger partial charge in [-0.1, -0.05) is 52.5 Å². The van der Waals surface area contributed by atoms with Crippen molar-refractivity contribution in [2.24, 2.45) is 0 Å². The van der Waals surface area contributed by atoms with Crippen molar-refractivity contribution < 1.29 is 18.9 Å². The predicted molar refractivity (Wildman–Crippen MR) is 70.0 cm³/mol. The molecule has 86 valence electrons. The zero-order valence-corrected chi connectivity index (χ0v) is 12.3. The van der Waals surface area contributed by atoms with Gasteiger partial charge in [-0.05, 0) is 6.92 Å². The Kier molecular flexibility index (Phi) is 4.34. The van der Waals surface area contributed by atoms with E-state index >= 15 is 0 Å². The van der Waals surface area contributed by atoms with Gasteiger partial charge in [0.1, 0.15) is 0 Å². The van der Waals surface area contributed by atoms with Gasteiger partial charge in [-0.25, -0.2) is 0 Å². The van der Waals surface area contributed by atoms with Crippen LogP contribution < -0.4 is 18.9 Å². The minimum Gasteiger partial charge on any atom is -0.186 e. The molecule has 0 spiro atoms. The van der Waals surface area contributed by atoms with Gasteiger partial charge in [0.2, 0.25) is 0 Å². The summed E-state index contributed by atoms with van der Waals surface area (Å²) < 4.78 is 0. The standard InChI is InChI=1S/C16H21.Li/c1-7-14-9(2)8-15-12(5)10(3)11(4)13(6)16(14)15;/h14H,7H2,1-6H3;/q-1;+1. The molecule has 0 saturated heterocycles. The Morgan fingerprint density at radius 3 is 1.94 bits per heavy atom. The smallest absolute Gasteiger partial charge is 0.186 e. The summed E-state index contributed by atoms with van der Waals surface area (Å²) in [6, 6.07) is 0. The molecule has 0 amide bonds. The van der Waals surface area contributed by atoms with E-state index in [2.05, 4.69) is 47.6 Å². The van der Waals surface area contributed by atoms with E-state index < -0.39 is 0 Å². The van der Waals surface area contributed by atoms with Crippen LogP contribution >= 0.6 is 0 Å². The van der Waals surface area contributed by atoms with Crippen molar-refractivity contribution >= 4 is 0 Å². The summed E-state index contributed by atoms with van der Waals surface area (Å²) in [5.74, 6) is 0.605. The van der Waals surface area contributed by atoms with Crippen molar-refractivity contribution in [2.45, 2.75) is 53.9 Å². The summed E-state index contributed by atoms with van der Waals surface area (Å²) >= 11 is 0. The molecule has 0 saturated carbocycles. The van der Waals surface area contributed by atoms with Gasteiger partial charge in [-0.15, -0.1) is 27.8 Å². The van der Waals surface area contributed by atoms with Gasteiger partial charge in [-0.2, -0.15) is 11.6 Å². The minimum atomic E-state index is 0. The fraction of sp³-hybridized carbons (Fsp3) is 0.500. The summed E-state index contributed by atoms with van der Waals surface area (Å²) in [6.45, 7) is 13.5. The molecule has 1 heteroatoms. The average molecular weight is 220 g/mol. The maximum absolute atomic E-state index is 3.59. The van der Waals surface area contributed by atoms with Gasteiger partial charge in [-0.3, -0.25) is 0 Å². The van der Waals surface area contributed by atoms with Gasteiger partial charge in [0.15, 0.2) is 0 Å². The number of benzene rings is 1.